The van der Waals surface area contributed by atoms with Crippen LogP contribution in [0.15, 0.2) is 71.8 Å². The highest BCUT2D eigenvalue weighted by atomic mass is 16.5. The summed E-state index contributed by atoms with van der Waals surface area (Å²) in [4.78, 5) is 12.8. The second-order valence-corrected chi connectivity index (χ2v) is 7.66. The number of ether oxygens (including phenoxy) is 1. The fraction of sp³-hybridized carbons (Fsp3) is 0.292. The zero-order valence-electron chi connectivity index (χ0n) is 17.8. The molecule has 2 aromatic rings. The van der Waals surface area contributed by atoms with Crippen LogP contribution in [0.4, 0.5) is 11.6 Å². The standard InChI is InChI=1S/C24H29N5O/c1-16-8-5-6-9-17(2)13-22(12-16)30-21-11-7-10-20(15-21)28-23(25)29-24-26-18(3)14-19(4)27-24/h5-11,14-15,17,22H,1,12-13H2,2-4H3,(H3,25,26,27,28,29)/b8-5-,9-6-. The second kappa shape index (κ2) is 9.87. The van der Waals surface area contributed by atoms with Crippen molar-refractivity contribution in [1.29, 1.82) is 0 Å². The summed E-state index contributed by atoms with van der Waals surface area (Å²) in [6, 6.07) is 9.58. The molecule has 0 aliphatic heterocycles. The molecule has 1 aromatic heterocycles. The summed E-state index contributed by atoms with van der Waals surface area (Å²) >= 11 is 0. The number of allylic oxidation sites excluding steroid dienone is 4. The highest BCUT2D eigenvalue weighted by molar-refractivity contribution is 5.93. The number of hydrogen-bond donors (Lipinski definition) is 2. The Bertz CT molecular complexity index is 973. The normalized spacial score (nSPS) is 21.8. The molecule has 30 heavy (non-hydrogen) atoms. The van der Waals surface area contributed by atoms with Crippen molar-refractivity contribution >= 4 is 17.6 Å². The third-order valence-corrected chi connectivity index (χ3v) is 4.61. The molecular formula is C24H29N5O. The van der Waals surface area contributed by atoms with Gasteiger partial charge in [0.15, 0.2) is 0 Å². The van der Waals surface area contributed by atoms with Crippen molar-refractivity contribution in [2.45, 2.75) is 39.7 Å². The number of hydrogen-bond acceptors (Lipinski definition) is 4. The minimum absolute atomic E-state index is 0.0461. The van der Waals surface area contributed by atoms with E-state index in [-0.39, 0.29) is 12.1 Å². The van der Waals surface area contributed by atoms with Crippen molar-refractivity contribution < 1.29 is 4.74 Å². The van der Waals surface area contributed by atoms with Crippen LogP contribution >= 0.6 is 0 Å². The Morgan fingerprint density at radius 3 is 2.73 bits per heavy atom. The van der Waals surface area contributed by atoms with E-state index < -0.39 is 0 Å². The second-order valence-electron chi connectivity index (χ2n) is 7.66. The number of nitrogens with one attached hydrogen (secondary N) is 1. The minimum atomic E-state index is 0.0461. The van der Waals surface area contributed by atoms with Gasteiger partial charge >= 0.3 is 0 Å². The van der Waals surface area contributed by atoms with Crippen molar-refractivity contribution in [2.75, 3.05) is 5.32 Å². The molecular weight excluding hydrogens is 374 g/mol. The highest BCUT2D eigenvalue weighted by Crippen LogP contribution is 2.25. The Hall–Kier alpha value is -3.41. The molecule has 1 aromatic carbocycles. The van der Waals surface area contributed by atoms with Crippen molar-refractivity contribution in [3.05, 3.63) is 78.2 Å². The molecule has 0 spiro atoms. The Kier molecular flexibility index (Phi) is 7.01. The highest BCUT2D eigenvalue weighted by Gasteiger charge is 2.16. The number of guanidine groups is 1. The van der Waals surface area contributed by atoms with Crippen molar-refractivity contribution in [1.82, 2.24) is 9.97 Å². The SMILES string of the molecule is C=C1/C=C\C=C/C(C)CC(Oc2cccc(N/C(N)=N\c3nc(C)cc(C)n3)c2)C1. The quantitative estimate of drug-likeness (QED) is 0.554. The van der Waals surface area contributed by atoms with Gasteiger partial charge in [0.25, 0.3) is 5.95 Å². The van der Waals surface area contributed by atoms with E-state index in [0.29, 0.717) is 11.9 Å². The van der Waals surface area contributed by atoms with Crippen molar-refractivity contribution in [3.8, 4) is 5.75 Å². The van der Waals surface area contributed by atoms with Gasteiger partial charge in [-0.2, -0.15) is 4.99 Å². The summed E-state index contributed by atoms with van der Waals surface area (Å²) in [6.45, 7) is 10.1. The first-order chi connectivity index (χ1) is 14.4. The lowest BCUT2D eigenvalue weighted by molar-refractivity contribution is 0.180. The fourth-order valence-electron chi connectivity index (χ4n) is 3.35. The molecule has 1 heterocycles. The van der Waals surface area contributed by atoms with Gasteiger partial charge in [-0.25, -0.2) is 9.97 Å². The Morgan fingerprint density at radius 2 is 1.97 bits per heavy atom. The monoisotopic (exact) mass is 403 g/mol. The number of aliphatic imine (C=N–C) groups is 1. The molecule has 1 aliphatic carbocycles. The lowest BCUT2D eigenvalue weighted by Gasteiger charge is -2.21. The van der Waals surface area contributed by atoms with Gasteiger partial charge in [-0.05, 0) is 44.4 Å². The predicted octanol–water partition coefficient (Wildman–Crippen LogP) is 5.00. The molecule has 6 nitrogen and oxygen atoms in total. The zero-order chi connectivity index (χ0) is 21.5. The summed E-state index contributed by atoms with van der Waals surface area (Å²) in [6.07, 6.45) is 10.1. The molecule has 0 amide bonds. The third-order valence-electron chi connectivity index (χ3n) is 4.61. The van der Waals surface area contributed by atoms with Crippen LogP contribution < -0.4 is 15.8 Å². The van der Waals surface area contributed by atoms with Crippen LogP contribution in [0, 0.1) is 19.8 Å². The zero-order valence-corrected chi connectivity index (χ0v) is 17.8. The van der Waals surface area contributed by atoms with Crippen LogP contribution in [-0.2, 0) is 0 Å². The van der Waals surface area contributed by atoms with Crippen LogP contribution in [0.3, 0.4) is 0 Å². The van der Waals surface area contributed by atoms with Crippen LogP contribution in [0.1, 0.15) is 31.2 Å². The maximum atomic E-state index is 6.29. The van der Waals surface area contributed by atoms with E-state index in [1.807, 2.05) is 56.3 Å². The van der Waals surface area contributed by atoms with Gasteiger partial charge in [-0.3, -0.25) is 0 Å². The van der Waals surface area contributed by atoms with E-state index in [9.17, 15) is 0 Å². The maximum Gasteiger partial charge on any atom is 0.253 e. The number of anilines is 1. The van der Waals surface area contributed by atoms with Crippen molar-refractivity contribution in [2.24, 2.45) is 16.6 Å². The van der Waals surface area contributed by atoms with Crippen LogP contribution in [0.2, 0.25) is 0 Å². The largest absolute Gasteiger partial charge is 0.490 e. The van der Waals surface area contributed by atoms with E-state index in [4.69, 9.17) is 10.5 Å². The van der Waals surface area contributed by atoms with E-state index in [1.54, 1.807) is 0 Å². The topological polar surface area (TPSA) is 85.4 Å². The number of nitrogens with two attached hydrogens (primary N) is 1. The average Bonchev–Trinajstić information content (AvgIpc) is 2.71. The lowest BCUT2D eigenvalue weighted by Crippen LogP contribution is -2.22. The van der Waals surface area contributed by atoms with Gasteiger partial charge in [0, 0.05) is 29.6 Å². The maximum absolute atomic E-state index is 6.29. The number of rotatable bonds is 4. The van der Waals surface area contributed by atoms with E-state index in [1.165, 1.54) is 0 Å². The molecule has 6 heteroatoms. The van der Waals surface area contributed by atoms with Gasteiger partial charge in [-0.1, -0.05) is 49.4 Å². The lowest BCUT2D eigenvalue weighted by atomic mass is 9.99. The fourth-order valence-corrected chi connectivity index (χ4v) is 3.35. The van der Waals surface area contributed by atoms with Crippen molar-refractivity contribution in [3.63, 3.8) is 0 Å². The Balaban J connectivity index is 1.70. The van der Waals surface area contributed by atoms with Crippen LogP contribution in [-0.4, -0.2) is 22.0 Å². The van der Waals surface area contributed by atoms with Gasteiger partial charge in [0.2, 0.25) is 5.96 Å². The first-order valence-corrected chi connectivity index (χ1v) is 10.1. The first-order valence-electron chi connectivity index (χ1n) is 10.1. The number of nitrogens with zero attached hydrogens (tertiary/aromatic N) is 3. The first kappa shape index (κ1) is 21.3. The smallest absolute Gasteiger partial charge is 0.253 e. The number of aryl methyl sites for hydroxylation is 2. The minimum Gasteiger partial charge on any atom is -0.490 e. The molecule has 2 unspecified atom stereocenters. The molecule has 1 aliphatic rings. The van der Waals surface area contributed by atoms with E-state index in [0.717, 1.165) is 41.2 Å². The Labute approximate surface area is 178 Å². The molecule has 0 saturated carbocycles. The van der Waals surface area contributed by atoms with Gasteiger partial charge < -0.3 is 15.8 Å². The predicted molar refractivity (Wildman–Crippen MR) is 123 cm³/mol. The summed E-state index contributed by atoms with van der Waals surface area (Å²) in [5.41, 5.74) is 9.59. The summed E-state index contributed by atoms with van der Waals surface area (Å²) in [5, 5.41) is 3.08. The van der Waals surface area contributed by atoms with Crippen LogP contribution in [0.5, 0.6) is 5.75 Å². The summed E-state index contributed by atoms with van der Waals surface area (Å²) in [7, 11) is 0. The van der Waals surface area contributed by atoms with E-state index in [2.05, 4.69) is 45.9 Å². The van der Waals surface area contributed by atoms with Gasteiger partial charge in [0.1, 0.15) is 11.9 Å². The Morgan fingerprint density at radius 1 is 1.20 bits per heavy atom. The molecule has 0 bridgehead atoms. The summed E-state index contributed by atoms with van der Waals surface area (Å²) in [5.74, 6) is 1.75. The third kappa shape index (κ3) is 6.58. The molecule has 0 radical (unpaired) electrons. The molecule has 3 rings (SSSR count). The molecule has 156 valence electrons. The van der Waals surface area contributed by atoms with Crippen LogP contribution in [0.25, 0.3) is 0 Å². The van der Waals surface area contributed by atoms with Gasteiger partial charge in [0.05, 0.1) is 0 Å². The molecule has 2 atom stereocenters. The number of benzene rings is 1. The molecule has 3 N–H and O–H groups in total. The molecule has 0 saturated heterocycles. The molecule has 0 fully saturated rings. The summed E-state index contributed by atoms with van der Waals surface area (Å²) < 4.78 is 6.29. The number of aromatic nitrogens is 2. The van der Waals surface area contributed by atoms with E-state index >= 15 is 0 Å². The van der Waals surface area contributed by atoms with Gasteiger partial charge in [-0.15, -0.1) is 0 Å². The average molecular weight is 404 g/mol.